The summed E-state index contributed by atoms with van der Waals surface area (Å²) in [5, 5.41) is 0.0816. The van der Waals surface area contributed by atoms with Gasteiger partial charge >= 0.3 is 6.09 Å². The summed E-state index contributed by atoms with van der Waals surface area (Å²) in [5.74, 6) is 0.606. The molecule has 1 atom stereocenters. The van der Waals surface area contributed by atoms with E-state index < -0.39 is 0 Å². The average molecular weight is 345 g/mol. The Morgan fingerprint density at radius 1 is 1.12 bits per heavy atom. The fourth-order valence-electron chi connectivity index (χ4n) is 2.75. The largest absolute Gasteiger partial charge is 0.445 e. The van der Waals surface area contributed by atoms with Crippen LogP contribution in [0.2, 0.25) is 0 Å². The fourth-order valence-corrected chi connectivity index (χ4v) is 4.00. The summed E-state index contributed by atoms with van der Waals surface area (Å²) in [5.41, 5.74) is 1.70. The number of benzene rings is 2. The first kappa shape index (κ1) is 16.8. The Balaban J connectivity index is 1.55. The van der Waals surface area contributed by atoms with Crippen LogP contribution in [0.3, 0.4) is 0 Å². The van der Waals surface area contributed by atoms with Crippen LogP contribution in [0.1, 0.15) is 22.8 Å². The SMILES string of the molecule is O=C(OCc1ccccc1)N1CCSC(c2ccccc2F)CC1. The number of carbonyl (C=O) groups is 1. The van der Waals surface area contributed by atoms with Crippen LogP contribution < -0.4 is 0 Å². The Hall–Kier alpha value is -2.01. The third kappa shape index (κ3) is 4.29. The molecule has 1 unspecified atom stereocenters. The molecule has 0 spiro atoms. The Morgan fingerprint density at radius 3 is 2.67 bits per heavy atom. The van der Waals surface area contributed by atoms with E-state index in [4.69, 9.17) is 4.74 Å². The standard InChI is InChI=1S/C19H20FNO2S/c20-17-9-5-4-8-16(17)18-10-11-21(12-13-24-18)19(22)23-14-15-6-2-1-3-7-15/h1-9,18H,10-14H2. The molecule has 24 heavy (non-hydrogen) atoms. The summed E-state index contributed by atoms with van der Waals surface area (Å²) in [6, 6.07) is 16.5. The van der Waals surface area contributed by atoms with Crippen LogP contribution in [0.15, 0.2) is 54.6 Å². The molecule has 0 bridgehead atoms. The van der Waals surface area contributed by atoms with Crippen molar-refractivity contribution in [1.82, 2.24) is 4.90 Å². The Labute approximate surface area is 145 Å². The highest BCUT2D eigenvalue weighted by molar-refractivity contribution is 7.99. The highest BCUT2D eigenvalue weighted by atomic mass is 32.2. The zero-order valence-corrected chi connectivity index (χ0v) is 14.2. The molecule has 1 saturated heterocycles. The van der Waals surface area contributed by atoms with Crippen molar-refractivity contribution in [2.75, 3.05) is 18.8 Å². The summed E-state index contributed by atoms with van der Waals surface area (Å²) in [6.45, 7) is 1.49. The van der Waals surface area contributed by atoms with Crippen molar-refractivity contribution in [2.24, 2.45) is 0 Å². The zero-order chi connectivity index (χ0) is 16.8. The number of thioether (sulfide) groups is 1. The first-order valence-corrected chi connectivity index (χ1v) is 9.10. The Morgan fingerprint density at radius 2 is 1.88 bits per heavy atom. The number of halogens is 1. The van der Waals surface area contributed by atoms with Crippen LogP contribution in [-0.2, 0) is 11.3 Å². The zero-order valence-electron chi connectivity index (χ0n) is 13.4. The van der Waals surface area contributed by atoms with Gasteiger partial charge in [-0.25, -0.2) is 9.18 Å². The minimum Gasteiger partial charge on any atom is -0.445 e. The van der Waals surface area contributed by atoms with Gasteiger partial charge in [0.1, 0.15) is 12.4 Å². The van der Waals surface area contributed by atoms with Gasteiger partial charge in [-0.3, -0.25) is 0 Å². The van der Waals surface area contributed by atoms with E-state index in [2.05, 4.69) is 0 Å². The van der Waals surface area contributed by atoms with Gasteiger partial charge in [0.25, 0.3) is 0 Å². The van der Waals surface area contributed by atoms with E-state index in [9.17, 15) is 9.18 Å². The molecule has 1 aliphatic rings. The van der Waals surface area contributed by atoms with Gasteiger partial charge in [0.2, 0.25) is 0 Å². The van der Waals surface area contributed by atoms with Gasteiger partial charge < -0.3 is 9.64 Å². The van der Waals surface area contributed by atoms with Gasteiger partial charge in [0.05, 0.1) is 0 Å². The second-order valence-corrected chi connectivity index (χ2v) is 7.01. The third-order valence-electron chi connectivity index (χ3n) is 4.06. The molecule has 1 amide bonds. The lowest BCUT2D eigenvalue weighted by molar-refractivity contribution is 0.0985. The minimum atomic E-state index is -0.298. The summed E-state index contributed by atoms with van der Waals surface area (Å²) >= 11 is 1.70. The second kappa shape index (κ2) is 8.20. The highest BCUT2D eigenvalue weighted by Crippen LogP contribution is 2.35. The van der Waals surface area contributed by atoms with Crippen LogP contribution in [0.4, 0.5) is 9.18 Å². The molecule has 0 aliphatic carbocycles. The number of nitrogens with zero attached hydrogens (tertiary/aromatic N) is 1. The number of hydrogen-bond donors (Lipinski definition) is 0. The molecule has 1 aliphatic heterocycles. The van der Waals surface area contributed by atoms with Gasteiger partial charge in [0.15, 0.2) is 0 Å². The van der Waals surface area contributed by atoms with Crippen molar-refractivity contribution >= 4 is 17.9 Å². The lowest BCUT2D eigenvalue weighted by atomic mass is 10.1. The summed E-state index contributed by atoms with van der Waals surface area (Å²) in [6.07, 6.45) is 0.431. The van der Waals surface area contributed by atoms with Crippen molar-refractivity contribution in [3.8, 4) is 0 Å². The number of hydrogen-bond acceptors (Lipinski definition) is 3. The Bertz CT molecular complexity index is 680. The van der Waals surface area contributed by atoms with E-state index in [0.717, 1.165) is 23.3 Å². The van der Waals surface area contributed by atoms with Crippen molar-refractivity contribution in [2.45, 2.75) is 18.3 Å². The van der Waals surface area contributed by atoms with Crippen molar-refractivity contribution < 1.29 is 13.9 Å². The molecule has 0 radical (unpaired) electrons. The van der Waals surface area contributed by atoms with Gasteiger partial charge in [-0.2, -0.15) is 11.8 Å². The molecular weight excluding hydrogens is 325 g/mol. The van der Waals surface area contributed by atoms with Crippen LogP contribution in [0.5, 0.6) is 0 Å². The lowest BCUT2D eigenvalue weighted by Gasteiger charge is -2.20. The van der Waals surface area contributed by atoms with Gasteiger partial charge in [-0.15, -0.1) is 0 Å². The minimum absolute atomic E-state index is 0.0816. The van der Waals surface area contributed by atoms with E-state index in [1.165, 1.54) is 6.07 Å². The topological polar surface area (TPSA) is 29.5 Å². The van der Waals surface area contributed by atoms with Gasteiger partial charge in [-0.05, 0) is 18.1 Å². The smallest absolute Gasteiger partial charge is 0.410 e. The van der Waals surface area contributed by atoms with Gasteiger partial charge in [0, 0.05) is 29.7 Å². The van der Waals surface area contributed by atoms with Crippen LogP contribution in [-0.4, -0.2) is 29.8 Å². The molecule has 1 heterocycles. The predicted molar refractivity (Wildman–Crippen MR) is 94.4 cm³/mol. The maximum absolute atomic E-state index is 14.0. The molecule has 0 saturated carbocycles. The Kier molecular flexibility index (Phi) is 5.75. The monoisotopic (exact) mass is 345 g/mol. The predicted octanol–water partition coefficient (Wildman–Crippen LogP) is 4.64. The third-order valence-corrected chi connectivity index (χ3v) is 5.37. The summed E-state index contributed by atoms with van der Waals surface area (Å²) in [4.78, 5) is 14.0. The molecule has 0 aromatic heterocycles. The average Bonchev–Trinajstić information content (AvgIpc) is 2.87. The van der Waals surface area contributed by atoms with E-state index in [-0.39, 0.29) is 23.8 Å². The lowest BCUT2D eigenvalue weighted by Crippen LogP contribution is -2.33. The number of amides is 1. The summed E-state index contributed by atoms with van der Waals surface area (Å²) < 4.78 is 19.3. The quantitative estimate of drug-likeness (QED) is 0.811. The highest BCUT2D eigenvalue weighted by Gasteiger charge is 2.24. The van der Waals surface area contributed by atoms with Crippen molar-refractivity contribution in [1.29, 1.82) is 0 Å². The van der Waals surface area contributed by atoms with Crippen LogP contribution in [0, 0.1) is 5.82 Å². The molecule has 5 heteroatoms. The molecule has 0 N–H and O–H groups in total. The van der Waals surface area contributed by atoms with E-state index in [0.29, 0.717) is 13.1 Å². The number of carbonyl (C=O) groups excluding carboxylic acids is 1. The molecule has 2 aromatic rings. The number of ether oxygens (including phenoxy) is 1. The van der Waals surface area contributed by atoms with Crippen molar-refractivity contribution in [3.63, 3.8) is 0 Å². The van der Waals surface area contributed by atoms with E-state index >= 15 is 0 Å². The fraction of sp³-hybridized carbons (Fsp3) is 0.316. The second-order valence-electron chi connectivity index (χ2n) is 5.70. The summed E-state index contributed by atoms with van der Waals surface area (Å²) in [7, 11) is 0. The molecule has 2 aromatic carbocycles. The van der Waals surface area contributed by atoms with E-state index in [1.54, 1.807) is 22.7 Å². The molecule has 3 rings (SSSR count). The van der Waals surface area contributed by atoms with Crippen LogP contribution in [0.25, 0.3) is 0 Å². The molecular formula is C19H20FNO2S. The first-order chi connectivity index (χ1) is 11.7. The first-order valence-electron chi connectivity index (χ1n) is 8.05. The normalized spacial score (nSPS) is 18.0. The molecule has 1 fully saturated rings. The number of rotatable bonds is 3. The molecule has 126 valence electrons. The van der Waals surface area contributed by atoms with Crippen molar-refractivity contribution in [3.05, 3.63) is 71.5 Å². The maximum Gasteiger partial charge on any atom is 0.410 e. The maximum atomic E-state index is 14.0. The van der Waals surface area contributed by atoms with Gasteiger partial charge in [-0.1, -0.05) is 48.5 Å². The van der Waals surface area contributed by atoms with Crippen LogP contribution >= 0.6 is 11.8 Å². The molecule has 3 nitrogen and oxygen atoms in total. The van der Waals surface area contributed by atoms with E-state index in [1.807, 2.05) is 42.5 Å².